The molecule has 20 heavy (non-hydrogen) atoms. The molecule has 0 atom stereocenters. The number of aliphatic imine (C=N–C) groups is 2. The van der Waals surface area contributed by atoms with Crippen LogP contribution in [-0.4, -0.2) is 12.4 Å². The van der Waals surface area contributed by atoms with Crippen molar-refractivity contribution in [3.63, 3.8) is 0 Å². The molecule has 2 nitrogen and oxygen atoms in total. The molecule has 0 saturated heterocycles. The summed E-state index contributed by atoms with van der Waals surface area (Å²) in [6, 6.07) is 16.1. The molecule has 2 aromatic rings. The van der Waals surface area contributed by atoms with Crippen LogP contribution in [0.3, 0.4) is 0 Å². The quantitative estimate of drug-likeness (QED) is 0.426. The zero-order chi connectivity index (χ0) is 12.8. The maximum Gasteiger partial charge on any atom is 0.0659 e. The number of nitrogens with zero attached hydrogens (tertiary/aromatic N) is 2. The topological polar surface area (TPSA) is 24.7 Å². The van der Waals surface area contributed by atoms with Crippen LogP contribution in [0.1, 0.15) is 11.1 Å². The van der Waals surface area contributed by atoms with Crippen LogP contribution in [0.4, 0.5) is 11.4 Å². The van der Waals surface area contributed by atoms with Crippen molar-refractivity contribution in [3.8, 4) is 0 Å². The fourth-order valence-corrected chi connectivity index (χ4v) is 1.64. The summed E-state index contributed by atoms with van der Waals surface area (Å²) in [7, 11) is 0. The van der Waals surface area contributed by atoms with Crippen LogP contribution < -0.4 is 0 Å². The molecule has 0 heterocycles. The Hall–Kier alpha value is -1.56. The molecule has 0 spiro atoms. The van der Waals surface area contributed by atoms with Crippen LogP contribution >= 0.6 is 0 Å². The third-order valence-electron chi connectivity index (χ3n) is 2.72. The van der Waals surface area contributed by atoms with E-state index in [1.807, 2.05) is 62.4 Å². The van der Waals surface area contributed by atoms with Gasteiger partial charge in [0.05, 0.1) is 11.4 Å². The number of hydrogen-bond acceptors (Lipinski definition) is 2. The number of benzene rings is 2. The second-order valence-electron chi connectivity index (χ2n) is 4.13. The second kappa shape index (κ2) is 9.36. The largest absolute Gasteiger partial charge is 0.358 e. The van der Waals surface area contributed by atoms with Crippen LogP contribution in [0.2, 0.25) is 0 Å². The van der Waals surface area contributed by atoms with Crippen LogP contribution in [0.25, 0.3) is 0 Å². The summed E-state index contributed by atoms with van der Waals surface area (Å²) in [4.78, 5) is 8.75. The third kappa shape index (κ3) is 5.21. The summed E-state index contributed by atoms with van der Waals surface area (Å²) in [6.45, 7) is 4.09. The van der Waals surface area contributed by atoms with Gasteiger partial charge < -0.3 is 7.43 Å². The Morgan fingerprint density at radius 3 is 1.40 bits per heavy atom. The number of para-hydroxylation sites is 2. The molecule has 2 aromatic carbocycles. The first-order chi connectivity index (χ1) is 8.77. The Kier molecular flexibility index (Phi) is 8.63. The molecular formula is C17H19N2Pd-. The van der Waals surface area contributed by atoms with Crippen molar-refractivity contribution in [2.45, 2.75) is 13.8 Å². The van der Waals surface area contributed by atoms with Gasteiger partial charge in [0.25, 0.3) is 0 Å². The molecule has 108 valence electrons. The minimum Gasteiger partial charge on any atom is -0.358 e. The van der Waals surface area contributed by atoms with E-state index in [0.29, 0.717) is 0 Å². The first-order valence-corrected chi connectivity index (χ1v) is 5.95. The molecular weight excluding hydrogens is 339 g/mol. The average Bonchev–Trinajstić information content (AvgIpc) is 2.38. The van der Waals surface area contributed by atoms with Gasteiger partial charge in [-0.15, -0.1) is 0 Å². The maximum atomic E-state index is 4.38. The summed E-state index contributed by atoms with van der Waals surface area (Å²) >= 11 is 0. The molecule has 0 aromatic heterocycles. The van der Waals surface area contributed by atoms with Gasteiger partial charge in [-0.3, -0.25) is 9.98 Å². The molecule has 3 heteroatoms. The monoisotopic (exact) mass is 357 g/mol. The standard InChI is InChI=1S/C16H16N2.CH3.Pd/c1-13-7-3-5-9-15(13)17-11-12-18-16-10-6-4-8-14(16)2;;/h3-12H,1-2H3;1H3;/q;-1;. The first kappa shape index (κ1) is 18.4. The van der Waals surface area contributed by atoms with Crippen molar-refractivity contribution >= 4 is 23.8 Å². The van der Waals surface area contributed by atoms with E-state index in [9.17, 15) is 0 Å². The SMILES string of the molecule is Cc1ccccc1N=CC=Nc1ccccc1C.[CH3-].[Pd]. The Morgan fingerprint density at radius 1 is 0.700 bits per heavy atom. The molecule has 0 unspecified atom stereocenters. The van der Waals surface area contributed by atoms with E-state index in [1.165, 1.54) is 0 Å². The molecule has 0 amide bonds. The van der Waals surface area contributed by atoms with Crippen molar-refractivity contribution in [2.75, 3.05) is 0 Å². The van der Waals surface area contributed by atoms with Crippen LogP contribution in [0.5, 0.6) is 0 Å². The normalized spacial score (nSPS) is 10.3. The van der Waals surface area contributed by atoms with Crippen LogP contribution in [0, 0.1) is 21.3 Å². The molecule has 0 radical (unpaired) electrons. The summed E-state index contributed by atoms with van der Waals surface area (Å²) < 4.78 is 0. The molecule has 2 rings (SSSR count). The number of rotatable bonds is 3. The van der Waals surface area contributed by atoms with Crippen molar-refractivity contribution in [1.82, 2.24) is 0 Å². The van der Waals surface area contributed by atoms with E-state index in [0.717, 1.165) is 22.5 Å². The van der Waals surface area contributed by atoms with Crippen LogP contribution in [-0.2, 0) is 20.4 Å². The summed E-state index contributed by atoms with van der Waals surface area (Å²) in [5, 5.41) is 0. The zero-order valence-corrected chi connectivity index (χ0v) is 13.5. The predicted molar refractivity (Wildman–Crippen MR) is 85.1 cm³/mol. The Balaban J connectivity index is 0.00000180. The van der Waals surface area contributed by atoms with Gasteiger partial charge in [-0.2, -0.15) is 0 Å². The third-order valence-corrected chi connectivity index (χ3v) is 2.72. The Labute approximate surface area is 135 Å². The van der Waals surface area contributed by atoms with Gasteiger partial charge in [-0.1, -0.05) is 36.4 Å². The number of hydrogen-bond donors (Lipinski definition) is 0. The van der Waals surface area contributed by atoms with Crippen molar-refractivity contribution in [3.05, 3.63) is 67.1 Å². The fraction of sp³-hybridized carbons (Fsp3) is 0.118. The van der Waals surface area contributed by atoms with Gasteiger partial charge in [0.15, 0.2) is 0 Å². The van der Waals surface area contributed by atoms with E-state index in [2.05, 4.69) is 9.98 Å². The molecule has 0 aliphatic rings. The minimum atomic E-state index is 0. The molecule has 0 saturated carbocycles. The fourth-order valence-electron chi connectivity index (χ4n) is 1.64. The first-order valence-electron chi connectivity index (χ1n) is 5.95. The smallest absolute Gasteiger partial charge is 0.0659 e. The van der Waals surface area contributed by atoms with Gasteiger partial charge in [0.1, 0.15) is 0 Å². The van der Waals surface area contributed by atoms with E-state index >= 15 is 0 Å². The Bertz CT molecular complexity index is 536. The molecule has 0 N–H and O–H groups in total. The van der Waals surface area contributed by atoms with E-state index < -0.39 is 0 Å². The van der Waals surface area contributed by atoms with E-state index in [4.69, 9.17) is 0 Å². The van der Waals surface area contributed by atoms with Gasteiger partial charge in [0.2, 0.25) is 0 Å². The van der Waals surface area contributed by atoms with Gasteiger partial charge in [0, 0.05) is 32.9 Å². The molecule has 0 aliphatic carbocycles. The summed E-state index contributed by atoms with van der Waals surface area (Å²) in [5.41, 5.74) is 4.29. The molecule has 0 bridgehead atoms. The predicted octanol–water partition coefficient (Wildman–Crippen LogP) is 4.86. The minimum absolute atomic E-state index is 0. The summed E-state index contributed by atoms with van der Waals surface area (Å²) in [5.74, 6) is 0. The van der Waals surface area contributed by atoms with Crippen molar-refractivity contribution < 1.29 is 20.4 Å². The van der Waals surface area contributed by atoms with Crippen molar-refractivity contribution in [2.24, 2.45) is 9.98 Å². The van der Waals surface area contributed by atoms with E-state index in [1.54, 1.807) is 12.4 Å². The van der Waals surface area contributed by atoms with Gasteiger partial charge in [-0.05, 0) is 37.1 Å². The summed E-state index contributed by atoms with van der Waals surface area (Å²) in [6.07, 6.45) is 3.46. The van der Waals surface area contributed by atoms with Gasteiger partial charge in [-0.25, -0.2) is 0 Å². The molecule has 0 aliphatic heterocycles. The van der Waals surface area contributed by atoms with Crippen LogP contribution in [0.15, 0.2) is 58.5 Å². The Morgan fingerprint density at radius 2 is 1.05 bits per heavy atom. The zero-order valence-electron chi connectivity index (χ0n) is 12.0. The van der Waals surface area contributed by atoms with Crippen molar-refractivity contribution in [1.29, 1.82) is 0 Å². The van der Waals surface area contributed by atoms with Gasteiger partial charge >= 0.3 is 0 Å². The number of aryl methyl sites for hydroxylation is 2. The molecule has 0 fully saturated rings. The maximum absolute atomic E-state index is 4.38. The average molecular weight is 358 g/mol. The second-order valence-corrected chi connectivity index (χ2v) is 4.13. The van der Waals surface area contributed by atoms with E-state index in [-0.39, 0.29) is 27.8 Å².